The van der Waals surface area contributed by atoms with Crippen molar-refractivity contribution < 1.29 is 19.0 Å². The van der Waals surface area contributed by atoms with Crippen LogP contribution in [0.5, 0.6) is 0 Å². The van der Waals surface area contributed by atoms with Crippen LogP contribution >= 0.6 is 0 Å². The van der Waals surface area contributed by atoms with Crippen molar-refractivity contribution in [3.63, 3.8) is 0 Å². The molecule has 18 heavy (non-hydrogen) atoms. The van der Waals surface area contributed by atoms with E-state index in [1.54, 1.807) is 19.2 Å². The predicted molar refractivity (Wildman–Crippen MR) is 64.5 cm³/mol. The van der Waals surface area contributed by atoms with E-state index in [1.807, 2.05) is 12.1 Å². The van der Waals surface area contributed by atoms with Gasteiger partial charge in [0.2, 0.25) is 6.29 Å². The average molecular weight is 249 g/mol. The monoisotopic (exact) mass is 249 g/mol. The van der Waals surface area contributed by atoms with Crippen molar-refractivity contribution in [3.05, 3.63) is 35.7 Å². The van der Waals surface area contributed by atoms with Crippen molar-refractivity contribution in [1.29, 1.82) is 0 Å². The average Bonchev–Trinajstić information content (AvgIpc) is 2.91. The van der Waals surface area contributed by atoms with E-state index in [0.717, 1.165) is 11.3 Å². The molecule has 2 heterocycles. The van der Waals surface area contributed by atoms with Gasteiger partial charge in [0.15, 0.2) is 0 Å². The quantitative estimate of drug-likeness (QED) is 0.600. The number of hydrogen-bond acceptors (Lipinski definition) is 5. The van der Waals surface area contributed by atoms with Gasteiger partial charge in [-0.2, -0.15) is 0 Å². The van der Waals surface area contributed by atoms with Crippen molar-refractivity contribution in [2.45, 2.75) is 13.2 Å². The van der Waals surface area contributed by atoms with E-state index in [4.69, 9.17) is 14.2 Å². The third-order valence-electron chi connectivity index (χ3n) is 2.37. The lowest BCUT2D eigenvalue weighted by atomic mass is 10.2. The van der Waals surface area contributed by atoms with Crippen molar-refractivity contribution >= 4 is 12.0 Å². The standard InChI is InChI=1S/C13H15NO4/c1-2-16-12(15)6-4-10-3-5-11(14-9-10)13-17-7-8-18-13/h3-6,9,13H,2,7-8H2,1H3/b6-4+. The lowest BCUT2D eigenvalue weighted by Gasteiger charge is -2.07. The predicted octanol–water partition coefficient (Wildman–Crippen LogP) is 1.70. The van der Waals surface area contributed by atoms with E-state index < -0.39 is 0 Å². The second-order valence-corrected chi connectivity index (χ2v) is 3.68. The second kappa shape index (κ2) is 6.28. The fourth-order valence-electron chi connectivity index (χ4n) is 1.54. The van der Waals surface area contributed by atoms with E-state index in [2.05, 4.69) is 4.98 Å². The highest BCUT2D eigenvalue weighted by molar-refractivity contribution is 5.86. The summed E-state index contributed by atoms with van der Waals surface area (Å²) in [4.78, 5) is 15.4. The minimum atomic E-state index is -0.368. The molecule has 1 fully saturated rings. The van der Waals surface area contributed by atoms with E-state index in [1.165, 1.54) is 6.08 Å². The highest BCUT2D eigenvalue weighted by atomic mass is 16.7. The SMILES string of the molecule is CCOC(=O)/C=C/c1ccc(C2OCCO2)nc1. The van der Waals surface area contributed by atoms with Crippen LogP contribution in [0.4, 0.5) is 0 Å². The maximum absolute atomic E-state index is 11.1. The number of carbonyl (C=O) groups excluding carboxylic acids is 1. The molecule has 0 aliphatic carbocycles. The fraction of sp³-hybridized carbons (Fsp3) is 0.385. The summed E-state index contributed by atoms with van der Waals surface area (Å²) < 4.78 is 15.4. The van der Waals surface area contributed by atoms with Crippen molar-refractivity contribution in [2.75, 3.05) is 19.8 Å². The van der Waals surface area contributed by atoms with Crippen LogP contribution in [-0.2, 0) is 19.0 Å². The molecule has 0 unspecified atom stereocenters. The minimum absolute atomic E-state index is 0.357. The van der Waals surface area contributed by atoms with Gasteiger partial charge in [0.1, 0.15) is 0 Å². The molecule has 0 aromatic carbocycles. The zero-order valence-electron chi connectivity index (χ0n) is 10.2. The van der Waals surface area contributed by atoms with Gasteiger partial charge in [0.05, 0.1) is 25.5 Å². The summed E-state index contributed by atoms with van der Waals surface area (Å²) in [5.41, 5.74) is 1.56. The Labute approximate surface area is 105 Å². The Bertz CT molecular complexity index is 421. The molecule has 96 valence electrons. The Morgan fingerprint density at radius 1 is 1.50 bits per heavy atom. The van der Waals surface area contributed by atoms with Crippen LogP contribution in [0.3, 0.4) is 0 Å². The van der Waals surface area contributed by atoms with Crippen molar-refractivity contribution in [3.8, 4) is 0 Å². The zero-order valence-corrected chi connectivity index (χ0v) is 10.2. The number of rotatable bonds is 4. The summed E-state index contributed by atoms with van der Waals surface area (Å²) >= 11 is 0. The molecule has 2 rings (SSSR count). The molecule has 0 saturated carbocycles. The third-order valence-corrected chi connectivity index (χ3v) is 2.37. The zero-order chi connectivity index (χ0) is 12.8. The van der Waals surface area contributed by atoms with E-state index >= 15 is 0 Å². The fourth-order valence-corrected chi connectivity index (χ4v) is 1.54. The highest BCUT2D eigenvalue weighted by Gasteiger charge is 2.18. The molecule has 1 aromatic rings. The van der Waals surface area contributed by atoms with Gasteiger partial charge < -0.3 is 14.2 Å². The Morgan fingerprint density at radius 2 is 2.28 bits per heavy atom. The summed E-state index contributed by atoms with van der Waals surface area (Å²) in [6.07, 6.45) is 4.33. The van der Waals surface area contributed by atoms with Crippen LogP contribution in [-0.4, -0.2) is 30.8 Å². The smallest absolute Gasteiger partial charge is 0.330 e. The maximum atomic E-state index is 11.1. The maximum Gasteiger partial charge on any atom is 0.330 e. The first kappa shape index (κ1) is 12.7. The molecular formula is C13H15NO4. The van der Waals surface area contributed by atoms with Crippen LogP contribution in [0.25, 0.3) is 6.08 Å². The van der Waals surface area contributed by atoms with Crippen LogP contribution < -0.4 is 0 Å². The van der Waals surface area contributed by atoms with E-state index in [-0.39, 0.29) is 12.3 Å². The molecule has 0 atom stereocenters. The van der Waals surface area contributed by atoms with Crippen LogP contribution in [0.2, 0.25) is 0 Å². The minimum Gasteiger partial charge on any atom is -0.463 e. The first-order valence-corrected chi connectivity index (χ1v) is 5.83. The van der Waals surface area contributed by atoms with Gasteiger partial charge in [-0.1, -0.05) is 6.07 Å². The topological polar surface area (TPSA) is 57.7 Å². The molecule has 1 aliphatic rings. The largest absolute Gasteiger partial charge is 0.463 e. The normalized spacial score (nSPS) is 16.3. The number of ether oxygens (including phenoxy) is 3. The molecule has 1 aromatic heterocycles. The van der Waals surface area contributed by atoms with Crippen molar-refractivity contribution in [1.82, 2.24) is 4.98 Å². The summed E-state index contributed by atoms with van der Waals surface area (Å²) in [5, 5.41) is 0. The van der Waals surface area contributed by atoms with Gasteiger partial charge in [0, 0.05) is 12.3 Å². The summed E-state index contributed by atoms with van der Waals surface area (Å²) in [6, 6.07) is 3.67. The van der Waals surface area contributed by atoms with Gasteiger partial charge >= 0.3 is 5.97 Å². The van der Waals surface area contributed by atoms with Crippen LogP contribution in [0.1, 0.15) is 24.5 Å². The molecule has 5 heteroatoms. The number of pyridine rings is 1. The molecule has 0 radical (unpaired) electrons. The van der Waals surface area contributed by atoms with E-state index in [9.17, 15) is 4.79 Å². The lowest BCUT2D eigenvalue weighted by molar-refractivity contribution is -0.137. The third kappa shape index (κ3) is 3.38. The Hall–Kier alpha value is -1.72. The molecule has 1 aliphatic heterocycles. The molecule has 0 amide bonds. The summed E-state index contributed by atoms with van der Waals surface area (Å²) in [5.74, 6) is -0.357. The molecular weight excluding hydrogens is 234 g/mol. The van der Waals surface area contributed by atoms with Gasteiger partial charge in [-0.25, -0.2) is 4.79 Å². The Kier molecular flexibility index (Phi) is 4.44. The molecule has 0 bridgehead atoms. The number of aromatic nitrogens is 1. The van der Waals surface area contributed by atoms with Crippen LogP contribution in [0.15, 0.2) is 24.4 Å². The molecule has 0 N–H and O–H groups in total. The summed E-state index contributed by atoms with van der Waals surface area (Å²) in [6.45, 7) is 3.33. The number of carbonyl (C=O) groups is 1. The molecule has 1 saturated heterocycles. The van der Waals surface area contributed by atoms with Gasteiger partial charge in [-0.05, 0) is 24.6 Å². The van der Waals surface area contributed by atoms with Crippen molar-refractivity contribution in [2.24, 2.45) is 0 Å². The second-order valence-electron chi connectivity index (χ2n) is 3.68. The Balaban J connectivity index is 1.96. The lowest BCUT2D eigenvalue weighted by Crippen LogP contribution is -2.01. The van der Waals surface area contributed by atoms with Gasteiger partial charge in [-0.15, -0.1) is 0 Å². The highest BCUT2D eigenvalue weighted by Crippen LogP contribution is 2.21. The number of esters is 1. The first-order valence-electron chi connectivity index (χ1n) is 5.83. The Morgan fingerprint density at radius 3 is 2.89 bits per heavy atom. The molecule has 5 nitrogen and oxygen atoms in total. The van der Waals surface area contributed by atoms with Crippen LogP contribution in [0, 0.1) is 0 Å². The molecule has 0 spiro atoms. The van der Waals surface area contributed by atoms with Gasteiger partial charge in [-0.3, -0.25) is 4.98 Å². The first-order chi connectivity index (χ1) is 8.79. The van der Waals surface area contributed by atoms with Gasteiger partial charge in [0.25, 0.3) is 0 Å². The van der Waals surface area contributed by atoms with E-state index in [0.29, 0.717) is 19.8 Å². The summed E-state index contributed by atoms with van der Waals surface area (Å²) in [7, 11) is 0. The number of hydrogen-bond donors (Lipinski definition) is 0. The number of nitrogens with zero attached hydrogens (tertiary/aromatic N) is 1.